The molecule has 0 unspecified atom stereocenters. The zero-order chi connectivity index (χ0) is 20.8. The van der Waals surface area contributed by atoms with Crippen LogP contribution in [0.15, 0.2) is 35.7 Å². The topological polar surface area (TPSA) is 68.7 Å². The van der Waals surface area contributed by atoms with Crippen LogP contribution >= 0.6 is 22.7 Å². The number of rotatable bonds is 4. The summed E-state index contributed by atoms with van der Waals surface area (Å²) in [6.45, 7) is 2.51. The summed E-state index contributed by atoms with van der Waals surface area (Å²) in [6, 6.07) is 9.27. The molecule has 0 fully saturated rings. The van der Waals surface area contributed by atoms with Crippen LogP contribution in [0.2, 0.25) is 0 Å². The Bertz CT molecular complexity index is 1310. The van der Waals surface area contributed by atoms with Gasteiger partial charge in [-0.1, -0.05) is 0 Å². The van der Waals surface area contributed by atoms with E-state index in [0.717, 1.165) is 36.6 Å². The first kappa shape index (κ1) is 19.0. The number of methoxy groups -OCH3 is 1. The smallest absolute Gasteiger partial charge is 0.337 e. The minimum Gasteiger partial charge on any atom is -0.483 e. The molecule has 4 aromatic rings. The minimum absolute atomic E-state index is 0.0492. The third-order valence-corrected chi connectivity index (χ3v) is 7.06. The highest BCUT2D eigenvalue weighted by Gasteiger charge is 2.26. The van der Waals surface area contributed by atoms with E-state index in [1.807, 2.05) is 24.4 Å². The van der Waals surface area contributed by atoms with Gasteiger partial charge in [-0.15, -0.1) is 22.7 Å². The molecule has 3 heterocycles. The highest BCUT2D eigenvalue weighted by molar-refractivity contribution is 7.21. The molecule has 0 saturated carbocycles. The molecule has 0 saturated heterocycles. The second-order valence-corrected chi connectivity index (χ2v) is 9.19. The quantitative estimate of drug-likeness (QED) is 0.437. The first-order valence-electron chi connectivity index (χ1n) is 9.47. The number of esters is 1. The van der Waals surface area contributed by atoms with E-state index in [4.69, 9.17) is 9.47 Å². The number of ether oxygens (including phenoxy) is 2. The first-order valence-corrected chi connectivity index (χ1v) is 11.2. The number of carbonyl (C=O) groups excluding carboxylic acids is 2. The number of benzene rings is 2. The molecule has 0 bridgehead atoms. The maximum atomic E-state index is 12.9. The maximum Gasteiger partial charge on any atom is 0.337 e. The number of hydrogen-bond donors (Lipinski definition) is 0. The molecule has 2 aromatic heterocycles. The molecule has 1 aliphatic rings. The fourth-order valence-corrected chi connectivity index (χ4v) is 5.66. The predicted octanol–water partition coefficient (Wildman–Crippen LogP) is 4.57. The van der Waals surface area contributed by atoms with Crippen molar-refractivity contribution in [3.63, 3.8) is 0 Å². The number of anilines is 1. The molecule has 0 aliphatic carbocycles. The van der Waals surface area contributed by atoms with Gasteiger partial charge in [0.15, 0.2) is 6.61 Å². The number of thiazole rings is 1. The van der Waals surface area contributed by atoms with Gasteiger partial charge in [-0.25, -0.2) is 9.78 Å². The molecule has 0 radical (unpaired) electrons. The molecular weight excluding hydrogens is 420 g/mol. The van der Waals surface area contributed by atoms with E-state index >= 15 is 0 Å². The van der Waals surface area contributed by atoms with Gasteiger partial charge in [0.2, 0.25) is 0 Å². The van der Waals surface area contributed by atoms with Crippen LogP contribution in [0.3, 0.4) is 0 Å². The Balaban J connectivity index is 1.37. The lowest BCUT2D eigenvalue weighted by molar-refractivity contribution is -0.120. The number of amides is 1. The summed E-state index contributed by atoms with van der Waals surface area (Å²) >= 11 is 3.25. The second kappa shape index (κ2) is 7.37. The highest BCUT2D eigenvalue weighted by Crippen LogP contribution is 2.39. The molecule has 152 valence electrons. The van der Waals surface area contributed by atoms with E-state index in [0.29, 0.717) is 24.3 Å². The molecule has 5 rings (SSSR count). The Hall–Kier alpha value is -2.97. The van der Waals surface area contributed by atoms with E-state index in [1.54, 1.807) is 45.8 Å². The van der Waals surface area contributed by atoms with E-state index in [1.165, 1.54) is 7.11 Å². The molecule has 0 N–H and O–H groups in total. The fourth-order valence-electron chi connectivity index (χ4n) is 3.83. The monoisotopic (exact) mass is 438 g/mol. The van der Waals surface area contributed by atoms with Gasteiger partial charge < -0.3 is 14.4 Å². The number of carbonyl (C=O) groups is 2. The third-order valence-electron chi connectivity index (χ3n) is 5.22. The number of thiophene rings is 1. The summed E-state index contributed by atoms with van der Waals surface area (Å²) in [4.78, 5) is 31.0. The summed E-state index contributed by atoms with van der Waals surface area (Å²) in [5.74, 6) is 0.221. The van der Waals surface area contributed by atoms with Crippen molar-refractivity contribution in [2.24, 2.45) is 0 Å². The van der Waals surface area contributed by atoms with Crippen LogP contribution in [-0.2, 0) is 16.0 Å². The van der Waals surface area contributed by atoms with Gasteiger partial charge in [-0.3, -0.25) is 4.79 Å². The van der Waals surface area contributed by atoms with Crippen molar-refractivity contribution in [3.05, 3.63) is 51.8 Å². The Morgan fingerprint density at radius 2 is 2.10 bits per heavy atom. The minimum atomic E-state index is -0.376. The van der Waals surface area contributed by atoms with E-state index < -0.39 is 0 Å². The van der Waals surface area contributed by atoms with Gasteiger partial charge in [0.25, 0.3) is 5.91 Å². The van der Waals surface area contributed by atoms with Crippen LogP contribution in [0.25, 0.3) is 20.3 Å². The first-order chi connectivity index (χ1) is 14.5. The normalized spacial score (nSPS) is 13.1. The van der Waals surface area contributed by atoms with Crippen LogP contribution < -0.4 is 9.64 Å². The number of aryl methyl sites for hydroxylation is 1. The van der Waals surface area contributed by atoms with Gasteiger partial charge in [-0.2, -0.15) is 0 Å². The lowest BCUT2D eigenvalue weighted by Crippen LogP contribution is -2.33. The molecule has 8 heteroatoms. The average molecular weight is 439 g/mol. The van der Waals surface area contributed by atoms with Crippen molar-refractivity contribution in [3.8, 4) is 5.75 Å². The molecule has 0 atom stereocenters. The van der Waals surface area contributed by atoms with E-state index in [2.05, 4.69) is 4.98 Å². The van der Waals surface area contributed by atoms with Crippen molar-refractivity contribution in [2.75, 3.05) is 25.2 Å². The molecule has 6 nitrogen and oxygen atoms in total. The van der Waals surface area contributed by atoms with Gasteiger partial charge in [0, 0.05) is 23.7 Å². The van der Waals surface area contributed by atoms with Gasteiger partial charge in [-0.05, 0) is 48.6 Å². The van der Waals surface area contributed by atoms with Crippen molar-refractivity contribution in [1.29, 1.82) is 0 Å². The van der Waals surface area contributed by atoms with Crippen LogP contribution in [-0.4, -0.2) is 37.1 Å². The molecule has 1 amide bonds. The van der Waals surface area contributed by atoms with Crippen LogP contribution in [0.1, 0.15) is 20.9 Å². The Morgan fingerprint density at radius 3 is 2.93 bits per heavy atom. The molecule has 1 aliphatic heterocycles. The van der Waals surface area contributed by atoms with Crippen molar-refractivity contribution in [1.82, 2.24) is 4.98 Å². The SMILES string of the molecule is COC(=O)c1ccc2c(c1)CCN2C(=O)COc1cc2sc(C)nc2c2sccc12. The highest BCUT2D eigenvalue weighted by atomic mass is 32.1. The van der Waals surface area contributed by atoms with Crippen molar-refractivity contribution in [2.45, 2.75) is 13.3 Å². The number of nitrogens with zero attached hydrogens (tertiary/aromatic N) is 2. The third kappa shape index (κ3) is 3.12. The van der Waals surface area contributed by atoms with E-state index in [-0.39, 0.29) is 18.5 Å². The van der Waals surface area contributed by atoms with Crippen LogP contribution in [0, 0.1) is 6.92 Å². The lowest BCUT2D eigenvalue weighted by atomic mass is 10.1. The van der Waals surface area contributed by atoms with Crippen LogP contribution in [0.5, 0.6) is 5.75 Å². The van der Waals surface area contributed by atoms with Gasteiger partial charge in [0.05, 0.1) is 32.6 Å². The number of aromatic nitrogens is 1. The Labute approximate surface area is 180 Å². The summed E-state index contributed by atoms with van der Waals surface area (Å²) in [5.41, 5.74) is 3.28. The van der Waals surface area contributed by atoms with Crippen molar-refractivity contribution < 1.29 is 19.1 Å². The summed E-state index contributed by atoms with van der Waals surface area (Å²) in [7, 11) is 1.36. The zero-order valence-corrected chi connectivity index (χ0v) is 18.1. The van der Waals surface area contributed by atoms with Crippen molar-refractivity contribution >= 4 is 60.5 Å². The zero-order valence-electron chi connectivity index (χ0n) is 16.4. The molecular formula is C22H18N2O4S2. The fraction of sp³-hybridized carbons (Fsp3) is 0.227. The standard InChI is InChI=1S/C22H18N2O4S2/c1-12-23-20-18(30-12)10-17(15-6-8-29-21(15)20)28-11-19(25)24-7-5-13-9-14(22(26)27-2)3-4-16(13)24/h3-4,6,8-10H,5,7,11H2,1-2H3. The molecule has 2 aromatic carbocycles. The summed E-state index contributed by atoms with van der Waals surface area (Å²) in [6.07, 6.45) is 0.701. The second-order valence-electron chi connectivity index (χ2n) is 7.04. The average Bonchev–Trinajstić information content (AvgIpc) is 3.47. The predicted molar refractivity (Wildman–Crippen MR) is 119 cm³/mol. The van der Waals surface area contributed by atoms with Crippen LogP contribution in [0.4, 0.5) is 5.69 Å². The lowest BCUT2D eigenvalue weighted by Gasteiger charge is -2.18. The molecule has 0 spiro atoms. The Kier molecular flexibility index (Phi) is 4.67. The number of hydrogen-bond acceptors (Lipinski definition) is 7. The summed E-state index contributed by atoms with van der Waals surface area (Å²) < 4.78 is 12.9. The number of fused-ring (bicyclic) bond motifs is 4. The van der Waals surface area contributed by atoms with Gasteiger partial charge >= 0.3 is 5.97 Å². The largest absolute Gasteiger partial charge is 0.483 e. The summed E-state index contributed by atoms with van der Waals surface area (Å²) in [5, 5.41) is 4.01. The maximum absolute atomic E-state index is 12.9. The Morgan fingerprint density at radius 1 is 1.23 bits per heavy atom. The van der Waals surface area contributed by atoms with Gasteiger partial charge in [0.1, 0.15) is 5.75 Å². The molecule has 30 heavy (non-hydrogen) atoms. The van der Waals surface area contributed by atoms with E-state index in [9.17, 15) is 9.59 Å².